The number of hydrogen-bond donors (Lipinski definition) is 1. The highest BCUT2D eigenvalue weighted by atomic mass is 16.5. The van der Waals surface area contributed by atoms with Gasteiger partial charge in [-0.05, 0) is 26.7 Å². The van der Waals surface area contributed by atoms with Crippen LogP contribution in [-0.4, -0.2) is 27.6 Å². The van der Waals surface area contributed by atoms with Crippen molar-refractivity contribution in [1.82, 2.24) is 0 Å². The number of rotatable bonds is 3. The predicted octanol–water partition coefficient (Wildman–Crippen LogP) is 1.90. The minimum Gasteiger partial charge on any atom is -0.623 e. The van der Waals surface area contributed by atoms with Crippen LogP contribution in [0.1, 0.15) is 46.0 Å². The Labute approximate surface area is 101 Å². The number of carboxylic acid groups (broad SMARTS) is 1. The van der Waals surface area contributed by atoms with E-state index in [9.17, 15) is 10.0 Å². The largest absolute Gasteiger partial charge is 0.623 e. The molecule has 0 aromatic heterocycles. The lowest BCUT2D eigenvalue weighted by atomic mass is 9.87. The Morgan fingerprint density at radius 1 is 1.41 bits per heavy atom. The van der Waals surface area contributed by atoms with Crippen LogP contribution < -0.4 is 0 Å². The van der Waals surface area contributed by atoms with Crippen LogP contribution in [0.15, 0.2) is 0 Å². The molecule has 1 N–H and O–H groups in total. The van der Waals surface area contributed by atoms with Gasteiger partial charge in [0.2, 0.25) is 0 Å². The van der Waals surface area contributed by atoms with Gasteiger partial charge in [0.1, 0.15) is 0 Å². The van der Waals surface area contributed by atoms with Crippen LogP contribution >= 0.6 is 0 Å². The van der Waals surface area contributed by atoms with E-state index in [-0.39, 0.29) is 11.8 Å². The molecule has 0 saturated heterocycles. The number of carbonyl (C=O) groups is 1. The molecule has 0 spiro atoms. The second-order valence-corrected chi connectivity index (χ2v) is 5.01. The standard InChI is InChI=1S/C12H18N2O3/c1-12(2,11(15)16)10(8-13)14(17)9-6-4-3-5-7-9/h9H,3-7H2,1-2H3,(H,15,16)/b14-10-. The first-order chi connectivity index (χ1) is 7.91. The van der Waals surface area contributed by atoms with E-state index in [0.29, 0.717) is 4.74 Å². The quantitative estimate of drug-likeness (QED) is 0.352. The van der Waals surface area contributed by atoms with Crippen molar-refractivity contribution < 1.29 is 14.6 Å². The van der Waals surface area contributed by atoms with E-state index in [1.165, 1.54) is 13.8 Å². The molecular weight excluding hydrogens is 220 g/mol. The van der Waals surface area contributed by atoms with Gasteiger partial charge in [0.15, 0.2) is 17.5 Å². The first kappa shape index (κ1) is 13.5. The molecule has 0 bridgehead atoms. The maximum atomic E-state index is 12.1. The maximum Gasteiger partial charge on any atom is 0.320 e. The molecule has 1 aliphatic rings. The predicted molar refractivity (Wildman–Crippen MR) is 62.5 cm³/mol. The molecule has 0 aliphatic heterocycles. The summed E-state index contributed by atoms with van der Waals surface area (Å²) in [5.41, 5.74) is -1.62. The number of hydrogen-bond acceptors (Lipinski definition) is 3. The van der Waals surface area contributed by atoms with Crippen molar-refractivity contribution in [3.63, 3.8) is 0 Å². The highest BCUT2D eigenvalue weighted by Crippen LogP contribution is 2.23. The van der Waals surface area contributed by atoms with E-state index in [1.807, 2.05) is 0 Å². The summed E-state index contributed by atoms with van der Waals surface area (Å²) < 4.78 is 0.632. The summed E-state index contributed by atoms with van der Waals surface area (Å²) in [6.07, 6.45) is 4.52. The van der Waals surface area contributed by atoms with Gasteiger partial charge in [-0.25, -0.2) is 0 Å². The van der Waals surface area contributed by atoms with Gasteiger partial charge in [-0.15, -0.1) is 0 Å². The van der Waals surface area contributed by atoms with E-state index < -0.39 is 11.4 Å². The fourth-order valence-corrected chi connectivity index (χ4v) is 2.06. The Morgan fingerprint density at radius 2 is 1.94 bits per heavy atom. The van der Waals surface area contributed by atoms with Gasteiger partial charge in [0.25, 0.3) is 5.71 Å². The fraction of sp³-hybridized carbons (Fsp3) is 0.750. The van der Waals surface area contributed by atoms with Gasteiger partial charge in [0.05, 0.1) is 0 Å². The van der Waals surface area contributed by atoms with Crippen LogP contribution in [0, 0.1) is 22.0 Å². The average Bonchev–Trinajstić information content (AvgIpc) is 2.30. The van der Waals surface area contributed by atoms with E-state index in [4.69, 9.17) is 10.4 Å². The molecule has 0 aromatic rings. The highest BCUT2D eigenvalue weighted by Gasteiger charge is 2.41. The van der Waals surface area contributed by atoms with E-state index in [2.05, 4.69) is 0 Å². The molecule has 1 fully saturated rings. The van der Waals surface area contributed by atoms with Gasteiger partial charge in [-0.3, -0.25) is 4.79 Å². The summed E-state index contributed by atoms with van der Waals surface area (Å²) >= 11 is 0. The summed E-state index contributed by atoms with van der Waals surface area (Å²) in [5, 5.41) is 30.1. The Bertz CT molecular complexity index is 374. The number of hydroxylamine groups is 1. The molecule has 17 heavy (non-hydrogen) atoms. The molecular formula is C12H18N2O3. The van der Waals surface area contributed by atoms with Gasteiger partial charge >= 0.3 is 5.97 Å². The Balaban J connectivity index is 3.06. The van der Waals surface area contributed by atoms with Crippen molar-refractivity contribution in [3.05, 3.63) is 5.21 Å². The van der Waals surface area contributed by atoms with Crippen LogP contribution in [-0.2, 0) is 4.79 Å². The van der Waals surface area contributed by atoms with Crippen LogP contribution in [0.4, 0.5) is 0 Å². The van der Waals surface area contributed by atoms with Crippen molar-refractivity contribution in [2.24, 2.45) is 5.41 Å². The lowest BCUT2D eigenvalue weighted by Gasteiger charge is -2.25. The molecule has 0 atom stereocenters. The zero-order valence-corrected chi connectivity index (χ0v) is 10.3. The second kappa shape index (κ2) is 5.17. The van der Waals surface area contributed by atoms with Crippen molar-refractivity contribution in [2.45, 2.75) is 52.0 Å². The second-order valence-electron chi connectivity index (χ2n) is 5.01. The summed E-state index contributed by atoms with van der Waals surface area (Å²) in [5.74, 6) is -1.15. The third-order valence-corrected chi connectivity index (χ3v) is 3.36. The molecule has 5 heteroatoms. The monoisotopic (exact) mass is 238 g/mol. The molecule has 0 unspecified atom stereocenters. The zero-order chi connectivity index (χ0) is 13.1. The third kappa shape index (κ3) is 2.76. The Morgan fingerprint density at radius 3 is 2.35 bits per heavy atom. The topological polar surface area (TPSA) is 87.2 Å². The molecule has 94 valence electrons. The molecule has 1 aliphatic carbocycles. The smallest absolute Gasteiger partial charge is 0.320 e. The number of aliphatic carboxylic acids is 1. The van der Waals surface area contributed by atoms with Gasteiger partial charge in [-0.1, -0.05) is 6.42 Å². The SMILES string of the molecule is CC(C)(C(=O)O)/C(C#N)=[N+](\[O-])C1CCCCC1. The van der Waals surface area contributed by atoms with Crippen LogP contribution in [0.3, 0.4) is 0 Å². The van der Waals surface area contributed by atoms with Crippen molar-refractivity contribution in [2.75, 3.05) is 0 Å². The average molecular weight is 238 g/mol. The minimum atomic E-state index is -1.42. The lowest BCUT2D eigenvalue weighted by Crippen LogP contribution is -2.41. The molecule has 0 aromatic carbocycles. The lowest BCUT2D eigenvalue weighted by molar-refractivity contribution is -0.507. The number of nitriles is 1. The molecule has 0 amide bonds. The normalized spacial score (nSPS) is 19.4. The van der Waals surface area contributed by atoms with Gasteiger partial charge < -0.3 is 10.3 Å². The zero-order valence-electron chi connectivity index (χ0n) is 10.3. The Hall–Kier alpha value is -1.57. The van der Waals surface area contributed by atoms with E-state index >= 15 is 0 Å². The van der Waals surface area contributed by atoms with Crippen LogP contribution in [0.2, 0.25) is 0 Å². The van der Waals surface area contributed by atoms with Crippen LogP contribution in [0.5, 0.6) is 0 Å². The first-order valence-electron chi connectivity index (χ1n) is 5.88. The van der Waals surface area contributed by atoms with E-state index in [1.54, 1.807) is 6.07 Å². The van der Waals surface area contributed by atoms with Gasteiger partial charge in [-0.2, -0.15) is 10.0 Å². The molecule has 5 nitrogen and oxygen atoms in total. The third-order valence-electron chi connectivity index (χ3n) is 3.36. The number of carboxylic acids is 1. The summed E-state index contributed by atoms with van der Waals surface area (Å²) in [7, 11) is 0. The van der Waals surface area contributed by atoms with E-state index in [0.717, 1.165) is 32.1 Å². The Kier molecular flexibility index (Phi) is 4.11. The van der Waals surface area contributed by atoms with Crippen molar-refractivity contribution in [1.29, 1.82) is 5.26 Å². The first-order valence-corrected chi connectivity index (χ1v) is 5.88. The summed E-state index contributed by atoms with van der Waals surface area (Å²) in [4.78, 5) is 11.1. The highest BCUT2D eigenvalue weighted by molar-refractivity contribution is 6.10. The minimum absolute atomic E-state index is 0.197. The number of nitrogens with zero attached hydrogens (tertiary/aromatic N) is 2. The molecule has 0 radical (unpaired) electrons. The summed E-state index contributed by atoms with van der Waals surface area (Å²) in [6, 6.07) is 1.53. The molecule has 1 saturated carbocycles. The summed E-state index contributed by atoms with van der Waals surface area (Å²) in [6.45, 7) is 2.78. The van der Waals surface area contributed by atoms with Crippen LogP contribution in [0.25, 0.3) is 0 Å². The van der Waals surface area contributed by atoms with Crippen molar-refractivity contribution in [3.8, 4) is 6.07 Å². The van der Waals surface area contributed by atoms with Gasteiger partial charge in [0, 0.05) is 12.8 Å². The van der Waals surface area contributed by atoms with Crippen molar-refractivity contribution >= 4 is 11.7 Å². The molecule has 0 heterocycles. The molecule has 1 rings (SSSR count). The maximum absolute atomic E-state index is 12.1. The fourth-order valence-electron chi connectivity index (χ4n) is 2.06.